The van der Waals surface area contributed by atoms with E-state index in [0.29, 0.717) is 19.0 Å². The van der Waals surface area contributed by atoms with Gasteiger partial charge in [-0.05, 0) is 48.9 Å². The van der Waals surface area contributed by atoms with Crippen molar-refractivity contribution in [2.45, 2.75) is 25.7 Å². The molecule has 2 aromatic rings. The predicted octanol–water partition coefficient (Wildman–Crippen LogP) is 3.11. The number of hydrogen-bond acceptors (Lipinski definition) is 3. The summed E-state index contributed by atoms with van der Waals surface area (Å²) in [6.07, 6.45) is 1.82. The number of carbonyl (C=O) groups excluding carboxylic acids is 1. The third-order valence-corrected chi connectivity index (χ3v) is 4.60. The number of pyridine rings is 1. The van der Waals surface area contributed by atoms with Gasteiger partial charge in [-0.15, -0.1) is 0 Å². The number of carbonyl (C=O) groups is 2. The van der Waals surface area contributed by atoms with Gasteiger partial charge in [0.2, 0.25) is 0 Å². The first kappa shape index (κ1) is 16.2. The molecular formula is C19H20N2O3. The number of aryl methyl sites for hydroxylation is 1. The Hall–Kier alpha value is -2.69. The van der Waals surface area contributed by atoms with Crippen molar-refractivity contribution in [1.82, 2.24) is 9.88 Å². The van der Waals surface area contributed by atoms with E-state index in [0.717, 1.165) is 12.8 Å². The Kier molecular flexibility index (Phi) is 4.60. The van der Waals surface area contributed by atoms with Crippen LogP contribution in [0.5, 0.6) is 0 Å². The number of aromatic nitrogens is 1. The molecule has 2 heterocycles. The molecule has 0 atom stereocenters. The predicted molar refractivity (Wildman–Crippen MR) is 90.3 cm³/mol. The molecule has 0 aliphatic carbocycles. The van der Waals surface area contributed by atoms with Gasteiger partial charge in [0.1, 0.15) is 11.4 Å². The summed E-state index contributed by atoms with van der Waals surface area (Å²) in [7, 11) is 0. The van der Waals surface area contributed by atoms with Crippen molar-refractivity contribution in [1.29, 1.82) is 0 Å². The SMILES string of the molecule is Cc1ccccc1C1CCN(C(=O)c2cccc(C(=O)O)n2)CC1. The van der Waals surface area contributed by atoms with Crippen LogP contribution < -0.4 is 0 Å². The summed E-state index contributed by atoms with van der Waals surface area (Å²) >= 11 is 0. The average molecular weight is 324 g/mol. The summed E-state index contributed by atoms with van der Waals surface area (Å²) in [6, 6.07) is 12.9. The van der Waals surface area contributed by atoms with Crippen molar-refractivity contribution in [2.75, 3.05) is 13.1 Å². The Morgan fingerprint density at radius 1 is 1.04 bits per heavy atom. The number of nitrogens with zero attached hydrogens (tertiary/aromatic N) is 2. The molecule has 5 heteroatoms. The van der Waals surface area contributed by atoms with Crippen LogP contribution in [-0.4, -0.2) is 40.0 Å². The summed E-state index contributed by atoms with van der Waals surface area (Å²) in [5.74, 6) is -0.849. The van der Waals surface area contributed by atoms with Gasteiger partial charge in [0.05, 0.1) is 0 Å². The lowest BCUT2D eigenvalue weighted by atomic mass is 9.87. The fraction of sp³-hybridized carbons (Fsp3) is 0.316. The maximum atomic E-state index is 12.6. The second-order valence-electron chi connectivity index (χ2n) is 6.14. The van der Waals surface area contributed by atoms with Crippen LogP contribution in [0.4, 0.5) is 0 Å². The molecule has 1 N–H and O–H groups in total. The fourth-order valence-electron chi connectivity index (χ4n) is 3.27. The lowest BCUT2D eigenvalue weighted by molar-refractivity contribution is 0.0688. The molecule has 124 valence electrons. The van der Waals surface area contributed by atoms with Crippen LogP contribution in [-0.2, 0) is 0 Å². The van der Waals surface area contributed by atoms with Gasteiger partial charge in [-0.3, -0.25) is 4.79 Å². The summed E-state index contributed by atoms with van der Waals surface area (Å²) in [6.45, 7) is 3.45. The number of rotatable bonds is 3. The van der Waals surface area contributed by atoms with E-state index in [4.69, 9.17) is 5.11 Å². The van der Waals surface area contributed by atoms with E-state index in [2.05, 4.69) is 30.1 Å². The van der Waals surface area contributed by atoms with Gasteiger partial charge in [-0.2, -0.15) is 0 Å². The monoisotopic (exact) mass is 324 g/mol. The van der Waals surface area contributed by atoms with Crippen LogP contribution >= 0.6 is 0 Å². The molecule has 0 unspecified atom stereocenters. The van der Waals surface area contributed by atoms with E-state index in [1.54, 1.807) is 17.0 Å². The van der Waals surface area contributed by atoms with Gasteiger partial charge in [0.25, 0.3) is 5.91 Å². The topological polar surface area (TPSA) is 70.5 Å². The van der Waals surface area contributed by atoms with Gasteiger partial charge in [-0.25, -0.2) is 9.78 Å². The lowest BCUT2D eigenvalue weighted by Crippen LogP contribution is -2.38. The van der Waals surface area contributed by atoms with Crippen molar-refractivity contribution in [3.63, 3.8) is 0 Å². The van der Waals surface area contributed by atoms with Gasteiger partial charge >= 0.3 is 5.97 Å². The van der Waals surface area contributed by atoms with Crippen LogP contribution in [0.15, 0.2) is 42.5 Å². The minimum atomic E-state index is -1.12. The number of benzene rings is 1. The Labute approximate surface area is 140 Å². The molecule has 3 rings (SSSR count). The minimum Gasteiger partial charge on any atom is -0.477 e. The van der Waals surface area contributed by atoms with E-state index in [9.17, 15) is 9.59 Å². The highest BCUT2D eigenvalue weighted by atomic mass is 16.4. The highest BCUT2D eigenvalue weighted by Gasteiger charge is 2.26. The third kappa shape index (κ3) is 3.30. The van der Waals surface area contributed by atoms with E-state index in [-0.39, 0.29) is 17.3 Å². The molecule has 24 heavy (non-hydrogen) atoms. The standard InChI is InChI=1S/C19H20N2O3/c1-13-5-2-3-6-15(13)14-9-11-21(12-10-14)18(22)16-7-4-8-17(20-16)19(23)24/h2-8,14H,9-12H2,1H3,(H,23,24). The van der Waals surface area contributed by atoms with E-state index in [1.165, 1.54) is 17.2 Å². The van der Waals surface area contributed by atoms with Crippen molar-refractivity contribution in [3.8, 4) is 0 Å². The van der Waals surface area contributed by atoms with Crippen molar-refractivity contribution in [3.05, 3.63) is 65.0 Å². The van der Waals surface area contributed by atoms with E-state index < -0.39 is 5.97 Å². The minimum absolute atomic E-state index is 0.101. The van der Waals surface area contributed by atoms with Crippen LogP contribution in [0.1, 0.15) is 50.9 Å². The molecule has 1 amide bonds. The van der Waals surface area contributed by atoms with Crippen LogP contribution in [0, 0.1) is 6.92 Å². The molecule has 0 spiro atoms. The molecule has 1 aromatic carbocycles. The number of carboxylic acids is 1. The summed E-state index contributed by atoms with van der Waals surface area (Å²) in [5.41, 5.74) is 2.74. The molecule has 1 saturated heterocycles. The number of likely N-dealkylation sites (tertiary alicyclic amines) is 1. The summed E-state index contributed by atoms with van der Waals surface area (Å²) < 4.78 is 0. The van der Waals surface area contributed by atoms with Gasteiger partial charge in [-0.1, -0.05) is 30.3 Å². The van der Waals surface area contributed by atoms with Crippen molar-refractivity contribution < 1.29 is 14.7 Å². The first-order valence-corrected chi connectivity index (χ1v) is 8.11. The van der Waals surface area contributed by atoms with E-state index in [1.807, 2.05) is 6.07 Å². The molecule has 0 bridgehead atoms. The number of amides is 1. The summed E-state index contributed by atoms with van der Waals surface area (Å²) in [4.78, 5) is 29.3. The van der Waals surface area contributed by atoms with Gasteiger partial charge in [0, 0.05) is 13.1 Å². The van der Waals surface area contributed by atoms with Crippen molar-refractivity contribution in [2.24, 2.45) is 0 Å². The second-order valence-corrected chi connectivity index (χ2v) is 6.14. The molecule has 1 fully saturated rings. The number of hydrogen-bond donors (Lipinski definition) is 1. The molecule has 1 aliphatic heterocycles. The highest BCUT2D eigenvalue weighted by Crippen LogP contribution is 2.30. The molecular weight excluding hydrogens is 304 g/mol. The lowest BCUT2D eigenvalue weighted by Gasteiger charge is -2.32. The highest BCUT2D eigenvalue weighted by molar-refractivity contribution is 5.94. The zero-order valence-electron chi connectivity index (χ0n) is 13.6. The number of piperidine rings is 1. The average Bonchev–Trinajstić information content (AvgIpc) is 2.62. The maximum Gasteiger partial charge on any atom is 0.354 e. The van der Waals surface area contributed by atoms with Crippen LogP contribution in [0.2, 0.25) is 0 Å². The van der Waals surface area contributed by atoms with E-state index >= 15 is 0 Å². The van der Waals surface area contributed by atoms with Crippen LogP contribution in [0.3, 0.4) is 0 Å². The molecule has 1 aromatic heterocycles. The van der Waals surface area contributed by atoms with Crippen LogP contribution in [0.25, 0.3) is 0 Å². The zero-order valence-corrected chi connectivity index (χ0v) is 13.6. The number of carboxylic acid groups (broad SMARTS) is 1. The first-order chi connectivity index (χ1) is 11.6. The first-order valence-electron chi connectivity index (χ1n) is 8.11. The Morgan fingerprint density at radius 2 is 1.71 bits per heavy atom. The summed E-state index contributed by atoms with van der Waals surface area (Å²) in [5, 5.41) is 9.00. The molecule has 0 saturated carbocycles. The number of aromatic carboxylic acids is 1. The molecule has 0 radical (unpaired) electrons. The maximum absolute atomic E-state index is 12.6. The molecule has 1 aliphatic rings. The third-order valence-electron chi connectivity index (χ3n) is 4.60. The Morgan fingerprint density at radius 3 is 2.38 bits per heavy atom. The zero-order chi connectivity index (χ0) is 17.1. The Bertz CT molecular complexity index is 765. The quantitative estimate of drug-likeness (QED) is 0.942. The van der Waals surface area contributed by atoms with Gasteiger partial charge in [0.15, 0.2) is 0 Å². The Balaban J connectivity index is 1.68. The largest absolute Gasteiger partial charge is 0.477 e. The second kappa shape index (κ2) is 6.83. The smallest absolute Gasteiger partial charge is 0.354 e. The van der Waals surface area contributed by atoms with Crippen molar-refractivity contribution >= 4 is 11.9 Å². The normalized spacial score (nSPS) is 15.3. The van der Waals surface area contributed by atoms with Gasteiger partial charge < -0.3 is 10.0 Å². The fourth-order valence-corrected chi connectivity index (χ4v) is 3.27. The molecule has 5 nitrogen and oxygen atoms in total.